The van der Waals surface area contributed by atoms with Gasteiger partial charge in [0.25, 0.3) is 0 Å². The monoisotopic (exact) mass is 405 g/mol. The molecule has 0 unspecified atom stereocenters. The van der Waals surface area contributed by atoms with Crippen LogP contribution in [0.4, 0.5) is 4.39 Å². The van der Waals surface area contributed by atoms with Crippen LogP contribution in [0.1, 0.15) is 31.7 Å². The Hall–Kier alpha value is -0.850. The molecular weight excluding hydrogens is 380 g/mol. The van der Waals surface area contributed by atoms with E-state index in [1.807, 2.05) is 6.07 Å². The smallest absolute Gasteiger partial charge is 0.191 e. The normalized spacial score (nSPS) is 14.5. The molecule has 5 heteroatoms. The first-order valence-electron chi connectivity index (χ1n) is 7.54. The summed E-state index contributed by atoms with van der Waals surface area (Å²) in [5, 5.41) is 6.54. The third kappa shape index (κ3) is 7.64. The quantitative estimate of drug-likeness (QED) is 0.415. The molecule has 1 aliphatic carbocycles. The average Bonchev–Trinajstić information content (AvgIpc) is 3.23. The minimum absolute atomic E-state index is 0. The molecule has 0 amide bonds. The van der Waals surface area contributed by atoms with Crippen LogP contribution in [0.5, 0.6) is 0 Å². The molecule has 2 rings (SSSR count). The van der Waals surface area contributed by atoms with Crippen molar-refractivity contribution in [1.82, 2.24) is 10.6 Å². The Balaban J connectivity index is 0.00000220. The lowest BCUT2D eigenvalue weighted by Gasteiger charge is -2.11. The van der Waals surface area contributed by atoms with Gasteiger partial charge in [-0.1, -0.05) is 25.0 Å². The van der Waals surface area contributed by atoms with Crippen molar-refractivity contribution in [3.05, 3.63) is 35.6 Å². The Morgan fingerprint density at radius 3 is 2.81 bits per heavy atom. The highest BCUT2D eigenvalue weighted by Gasteiger charge is 2.20. The van der Waals surface area contributed by atoms with Crippen molar-refractivity contribution in [2.24, 2.45) is 10.9 Å². The van der Waals surface area contributed by atoms with E-state index in [4.69, 9.17) is 0 Å². The van der Waals surface area contributed by atoms with E-state index in [-0.39, 0.29) is 29.8 Å². The summed E-state index contributed by atoms with van der Waals surface area (Å²) in [6.45, 7) is 4.57. The summed E-state index contributed by atoms with van der Waals surface area (Å²) in [6, 6.07) is 6.75. The van der Waals surface area contributed by atoms with Crippen LogP contribution in [0, 0.1) is 11.7 Å². The van der Waals surface area contributed by atoms with Gasteiger partial charge in [-0.3, -0.25) is 4.99 Å². The zero-order chi connectivity index (χ0) is 14.2. The molecule has 2 N–H and O–H groups in total. The van der Waals surface area contributed by atoms with Crippen LogP contribution >= 0.6 is 24.0 Å². The van der Waals surface area contributed by atoms with Crippen molar-refractivity contribution in [2.75, 3.05) is 19.6 Å². The highest BCUT2D eigenvalue weighted by atomic mass is 127. The number of rotatable bonds is 7. The van der Waals surface area contributed by atoms with Crippen LogP contribution in [0.15, 0.2) is 29.3 Å². The van der Waals surface area contributed by atoms with Crippen LogP contribution in [0.25, 0.3) is 0 Å². The summed E-state index contributed by atoms with van der Waals surface area (Å²) in [6.07, 6.45) is 4.74. The lowest BCUT2D eigenvalue weighted by Crippen LogP contribution is -2.38. The lowest BCUT2D eigenvalue weighted by molar-refractivity contribution is 0.625. The predicted octanol–water partition coefficient (Wildman–Crippen LogP) is 3.34. The molecule has 0 bridgehead atoms. The molecule has 1 saturated carbocycles. The van der Waals surface area contributed by atoms with Crippen molar-refractivity contribution in [3.8, 4) is 0 Å². The summed E-state index contributed by atoms with van der Waals surface area (Å²) in [7, 11) is 0. The standard InChI is InChI=1S/C16H24FN3.HI/c1-2-18-16(19-10-8-13-6-7-13)20-11-9-14-4-3-5-15(17)12-14;/h3-5,12-13H,2,6-11H2,1H3,(H2,18,19,20);1H. The topological polar surface area (TPSA) is 36.4 Å². The van der Waals surface area contributed by atoms with Crippen LogP contribution in [0.3, 0.4) is 0 Å². The van der Waals surface area contributed by atoms with Crippen molar-refractivity contribution >= 4 is 29.9 Å². The fourth-order valence-electron chi connectivity index (χ4n) is 2.12. The highest BCUT2D eigenvalue weighted by molar-refractivity contribution is 14.0. The molecule has 21 heavy (non-hydrogen) atoms. The Bertz CT molecular complexity index is 447. The molecule has 1 aliphatic rings. The third-order valence-electron chi connectivity index (χ3n) is 3.44. The second-order valence-electron chi connectivity index (χ2n) is 5.30. The van der Waals surface area contributed by atoms with Crippen molar-refractivity contribution in [1.29, 1.82) is 0 Å². The fourth-order valence-corrected chi connectivity index (χ4v) is 2.12. The molecule has 0 aromatic heterocycles. The van der Waals surface area contributed by atoms with E-state index in [2.05, 4.69) is 22.5 Å². The maximum atomic E-state index is 13.1. The van der Waals surface area contributed by atoms with Gasteiger partial charge >= 0.3 is 0 Å². The number of benzene rings is 1. The number of aliphatic imine (C=N–C) groups is 1. The van der Waals surface area contributed by atoms with Gasteiger partial charge in [0.2, 0.25) is 0 Å². The van der Waals surface area contributed by atoms with Crippen LogP contribution in [-0.2, 0) is 6.42 Å². The Morgan fingerprint density at radius 2 is 2.14 bits per heavy atom. The first-order valence-corrected chi connectivity index (χ1v) is 7.54. The van der Waals surface area contributed by atoms with E-state index >= 15 is 0 Å². The fraction of sp³-hybridized carbons (Fsp3) is 0.562. The molecule has 118 valence electrons. The molecule has 1 aromatic rings. The van der Waals surface area contributed by atoms with Gasteiger partial charge in [0, 0.05) is 19.6 Å². The second kappa shape index (κ2) is 9.97. The second-order valence-corrected chi connectivity index (χ2v) is 5.30. The molecule has 1 fully saturated rings. The van der Waals surface area contributed by atoms with E-state index < -0.39 is 0 Å². The third-order valence-corrected chi connectivity index (χ3v) is 3.44. The molecule has 3 nitrogen and oxygen atoms in total. The Labute approximate surface area is 143 Å². The molecule has 0 aliphatic heterocycles. The molecule has 0 heterocycles. The van der Waals surface area contributed by atoms with E-state index in [9.17, 15) is 4.39 Å². The van der Waals surface area contributed by atoms with Crippen LogP contribution < -0.4 is 10.6 Å². The summed E-state index contributed by atoms with van der Waals surface area (Å²) in [4.78, 5) is 4.56. The number of nitrogens with zero attached hydrogens (tertiary/aromatic N) is 1. The van der Waals surface area contributed by atoms with Gasteiger partial charge in [0.15, 0.2) is 5.96 Å². The number of nitrogens with one attached hydrogen (secondary N) is 2. The van der Waals surface area contributed by atoms with Crippen LogP contribution in [0.2, 0.25) is 0 Å². The van der Waals surface area contributed by atoms with Gasteiger partial charge in [0.1, 0.15) is 5.82 Å². The Kier molecular flexibility index (Phi) is 8.64. The molecule has 1 aromatic carbocycles. The molecule has 0 spiro atoms. The minimum Gasteiger partial charge on any atom is -0.357 e. The number of hydrogen-bond donors (Lipinski definition) is 2. The summed E-state index contributed by atoms with van der Waals surface area (Å²) < 4.78 is 13.1. The molecular formula is C16H25FIN3. The first-order chi connectivity index (χ1) is 9.78. The van der Waals surface area contributed by atoms with E-state index in [1.165, 1.54) is 25.3 Å². The van der Waals surface area contributed by atoms with Crippen molar-refractivity contribution < 1.29 is 4.39 Å². The van der Waals surface area contributed by atoms with Crippen LogP contribution in [-0.4, -0.2) is 25.6 Å². The maximum absolute atomic E-state index is 13.1. The van der Waals surface area contributed by atoms with Gasteiger partial charge in [-0.2, -0.15) is 0 Å². The predicted molar refractivity (Wildman–Crippen MR) is 96.8 cm³/mol. The highest BCUT2D eigenvalue weighted by Crippen LogP contribution is 2.32. The summed E-state index contributed by atoms with van der Waals surface area (Å²) >= 11 is 0. The SMILES string of the molecule is CCNC(=NCCC1CC1)NCCc1cccc(F)c1.I. The zero-order valence-corrected chi connectivity index (χ0v) is 14.9. The minimum atomic E-state index is -0.174. The zero-order valence-electron chi connectivity index (χ0n) is 12.6. The molecule has 0 saturated heterocycles. The first kappa shape index (κ1) is 18.2. The van der Waals surface area contributed by atoms with E-state index in [0.29, 0.717) is 0 Å². The van der Waals surface area contributed by atoms with Gasteiger partial charge < -0.3 is 10.6 Å². The Morgan fingerprint density at radius 1 is 1.33 bits per heavy atom. The van der Waals surface area contributed by atoms with Crippen molar-refractivity contribution in [2.45, 2.75) is 32.6 Å². The van der Waals surface area contributed by atoms with Gasteiger partial charge in [-0.15, -0.1) is 24.0 Å². The lowest BCUT2D eigenvalue weighted by atomic mass is 10.1. The van der Waals surface area contributed by atoms with Gasteiger partial charge in [-0.25, -0.2) is 4.39 Å². The average molecular weight is 405 g/mol. The molecule has 0 atom stereocenters. The largest absolute Gasteiger partial charge is 0.357 e. The van der Waals surface area contributed by atoms with Gasteiger partial charge in [-0.05, 0) is 43.4 Å². The van der Waals surface area contributed by atoms with Crippen molar-refractivity contribution in [3.63, 3.8) is 0 Å². The number of halogens is 2. The summed E-state index contributed by atoms with van der Waals surface area (Å²) in [5.74, 6) is 1.60. The van der Waals surface area contributed by atoms with Gasteiger partial charge in [0.05, 0.1) is 0 Å². The number of hydrogen-bond acceptors (Lipinski definition) is 1. The summed E-state index contributed by atoms with van der Waals surface area (Å²) in [5.41, 5.74) is 1.01. The number of guanidine groups is 1. The van der Waals surface area contributed by atoms with E-state index in [1.54, 1.807) is 12.1 Å². The van der Waals surface area contributed by atoms with E-state index in [0.717, 1.165) is 43.5 Å². The maximum Gasteiger partial charge on any atom is 0.191 e. The molecule has 0 radical (unpaired) electrons.